The molecule has 3 fully saturated rings. The lowest BCUT2D eigenvalue weighted by Crippen LogP contribution is -2.23. The molecule has 0 radical (unpaired) electrons. The molecule has 0 aromatic rings. The highest BCUT2D eigenvalue weighted by atomic mass is 14.7. The van der Waals surface area contributed by atoms with E-state index >= 15 is 0 Å². The van der Waals surface area contributed by atoms with E-state index in [0.29, 0.717) is 0 Å². The van der Waals surface area contributed by atoms with Crippen molar-refractivity contribution in [1.29, 1.82) is 0 Å². The lowest BCUT2D eigenvalue weighted by atomic mass is 9.76. The minimum absolute atomic E-state index is 1.06. The fourth-order valence-corrected chi connectivity index (χ4v) is 3.70. The Morgan fingerprint density at radius 2 is 1.10 bits per heavy atom. The van der Waals surface area contributed by atoms with Gasteiger partial charge in [0.15, 0.2) is 0 Å². The zero-order chi connectivity index (χ0) is 6.29. The van der Waals surface area contributed by atoms with Gasteiger partial charge in [-0.15, -0.1) is 0 Å². The minimum atomic E-state index is 1.06. The summed E-state index contributed by atoms with van der Waals surface area (Å²) >= 11 is 0. The summed E-state index contributed by atoms with van der Waals surface area (Å²) in [5.41, 5.74) is 0. The van der Waals surface area contributed by atoms with Crippen LogP contribution in [0, 0.1) is 35.5 Å². The van der Waals surface area contributed by atoms with Gasteiger partial charge < -0.3 is 0 Å². The second-order valence-corrected chi connectivity index (χ2v) is 4.67. The SMILES string of the molecule is C1=CC2[C@@H]3C[C@@H]3C1[C@H]1C[C@@H]21. The molecule has 0 N–H and O–H groups in total. The molecule has 3 saturated carbocycles. The van der Waals surface area contributed by atoms with Crippen molar-refractivity contribution in [1.82, 2.24) is 0 Å². The number of rotatable bonds is 0. The molecule has 10 heavy (non-hydrogen) atoms. The monoisotopic (exact) mass is 132 g/mol. The number of hydrogen-bond acceptors (Lipinski definition) is 0. The van der Waals surface area contributed by atoms with Crippen LogP contribution < -0.4 is 0 Å². The third kappa shape index (κ3) is 0.328. The first kappa shape index (κ1) is 4.58. The molecule has 0 heterocycles. The smallest absolute Gasteiger partial charge is 0.0171 e. The summed E-state index contributed by atoms with van der Waals surface area (Å²) in [6.45, 7) is 0. The zero-order valence-electron chi connectivity index (χ0n) is 6.03. The first-order chi connectivity index (χ1) is 4.95. The summed E-state index contributed by atoms with van der Waals surface area (Å²) in [5.74, 6) is 6.77. The van der Waals surface area contributed by atoms with E-state index in [1.54, 1.807) is 12.8 Å². The molecule has 0 aliphatic heterocycles. The Bertz CT molecular complexity index is 188. The molecule has 5 rings (SSSR count). The molecule has 0 unspecified atom stereocenters. The molecule has 5 aliphatic carbocycles. The van der Waals surface area contributed by atoms with Gasteiger partial charge in [0.1, 0.15) is 0 Å². The Morgan fingerprint density at radius 1 is 0.700 bits per heavy atom. The van der Waals surface area contributed by atoms with Crippen LogP contribution in [0.1, 0.15) is 12.8 Å². The van der Waals surface area contributed by atoms with E-state index in [0.717, 1.165) is 11.8 Å². The van der Waals surface area contributed by atoms with E-state index < -0.39 is 0 Å². The molecular formula is C10H12. The Hall–Kier alpha value is -0.260. The van der Waals surface area contributed by atoms with Gasteiger partial charge >= 0.3 is 0 Å². The minimum Gasteiger partial charge on any atom is -0.0845 e. The molecule has 0 spiro atoms. The first-order valence-electron chi connectivity index (χ1n) is 4.63. The summed E-state index contributed by atoms with van der Waals surface area (Å²) in [6, 6.07) is 0. The molecule has 0 nitrogen and oxygen atoms in total. The van der Waals surface area contributed by atoms with Crippen molar-refractivity contribution in [3.63, 3.8) is 0 Å². The third-order valence-corrected chi connectivity index (χ3v) is 4.32. The standard InChI is InChI=1S/C10H12/c1-2-6-9-3-7(9)5(1)8-4-10(6)8/h1-2,5-10H,3-4H2/t5?,6?,7-,8-,9+,10+. The molecule has 52 valence electrons. The van der Waals surface area contributed by atoms with Gasteiger partial charge in [-0.3, -0.25) is 0 Å². The predicted octanol–water partition coefficient (Wildman–Crippen LogP) is 2.07. The average Bonchev–Trinajstić information content (AvgIpc) is 2.83. The van der Waals surface area contributed by atoms with Crippen LogP contribution in [0.5, 0.6) is 0 Å². The van der Waals surface area contributed by atoms with Crippen molar-refractivity contribution in [2.75, 3.05) is 0 Å². The maximum absolute atomic E-state index is 2.53. The van der Waals surface area contributed by atoms with E-state index in [4.69, 9.17) is 0 Å². The molecule has 5 aliphatic rings. The van der Waals surface area contributed by atoms with Gasteiger partial charge in [0, 0.05) is 0 Å². The first-order valence-corrected chi connectivity index (χ1v) is 4.63. The van der Waals surface area contributed by atoms with Gasteiger partial charge in [0.25, 0.3) is 0 Å². The van der Waals surface area contributed by atoms with Gasteiger partial charge in [-0.1, -0.05) is 12.2 Å². The van der Waals surface area contributed by atoms with Crippen LogP contribution in [-0.4, -0.2) is 0 Å². The quantitative estimate of drug-likeness (QED) is 0.443. The van der Waals surface area contributed by atoms with E-state index in [9.17, 15) is 0 Å². The van der Waals surface area contributed by atoms with Crippen LogP contribution >= 0.6 is 0 Å². The normalized spacial score (nSPS) is 72.8. The Labute approximate surface area is 61.3 Å². The van der Waals surface area contributed by atoms with E-state index in [2.05, 4.69) is 12.2 Å². The average molecular weight is 132 g/mol. The highest BCUT2D eigenvalue weighted by molar-refractivity contribution is 5.25. The van der Waals surface area contributed by atoms with Crippen LogP contribution in [0.2, 0.25) is 0 Å². The van der Waals surface area contributed by atoms with Crippen LogP contribution in [0.25, 0.3) is 0 Å². The molecule has 0 amide bonds. The van der Waals surface area contributed by atoms with E-state index in [1.165, 1.54) is 23.7 Å². The molecule has 0 heteroatoms. The molecule has 2 bridgehead atoms. The highest BCUT2D eigenvalue weighted by Crippen LogP contribution is 2.71. The van der Waals surface area contributed by atoms with Crippen molar-refractivity contribution in [2.24, 2.45) is 35.5 Å². The summed E-state index contributed by atoms with van der Waals surface area (Å²) in [6.07, 6.45) is 8.23. The molecule has 4 atom stereocenters. The van der Waals surface area contributed by atoms with E-state index in [-0.39, 0.29) is 0 Å². The van der Waals surface area contributed by atoms with Gasteiger partial charge in [-0.05, 0) is 48.3 Å². The van der Waals surface area contributed by atoms with Gasteiger partial charge in [-0.2, -0.15) is 0 Å². The van der Waals surface area contributed by atoms with Gasteiger partial charge in [-0.25, -0.2) is 0 Å². The third-order valence-electron chi connectivity index (χ3n) is 4.32. The van der Waals surface area contributed by atoms with Crippen molar-refractivity contribution in [2.45, 2.75) is 12.8 Å². The summed E-state index contributed by atoms with van der Waals surface area (Å²) < 4.78 is 0. The summed E-state index contributed by atoms with van der Waals surface area (Å²) in [5, 5.41) is 0. The molecular weight excluding hydrogens is 120 g/mol. The highest BCUT2D eigenvalue weighted by Gasteiger charge is 2.65. The zero-order valence-corrected chi connectivity index (χ0v) is 6.03. The Balaban J connectivity index is 1.93. The Morgan fingerprint density at radius 3 is 1.50 bits per heavy atom. The summed E-state index contributed by atoms with van der Waals surface area (Å²) in [7, 11) is 0. The lowest BCUT2D eigenvalue weighted by Gasteiger charge is -2.28. The van der Waals surface area contributed by atoms with Crippen LogP contribution in [0.15, 0.2) is 12.2 Å². The van der Waals surface area contributed by atoms with Crippen LogP contribution in [-0.2, 0) is 0 Å². The molecule has 0 aromatic carbocycles. The van der Waals surface area contributed by atoms with Crippen LogP contribution in [0.3, 0.4) is 0 Å². The van der Waals surface area contributed by atoms with Crippen molar-refractivity contribution >= 4 is 0 Å². The van der Waals surface area contributed by atoms with Crippen molar-refractivity contribution < 1.29 is 0 Å². The largest absolute Gasteiger partial charge is 0.0845 e. The van der Waals surface area contributed by atoms with E-state index in [1.807, 2.05) is 0 Å². The maximum atomic E-state index is 2.53. The van der Waals surface area contributed by atoms with Crippen molar-refractivity contribution in [3.8, 4) is 0 Å². The second-order valence-electron chi connectivity index (χ2n) is 4.67. The van der Waals surface area contributed by atoms with Gasteiger partial charge in [0.05, 0.1) is 0 Å². The number of allylic oxidation sites excluding steroid dienone is 2. The molecule has 0 aromatic heterocycles. The second kappa shape index (κ2) is 1.11. The fourth-order valence-electron chi connectivity index (χ4n) is 3.70. The van der Waals surface area contributed by atoms with Crippen LogP contribution in [0.4, 0.5) is 0 Å². The topological polar surface area (TPSA) is 0 Å². The predicted molar refractivity (Wildman–Crippen MR) is 39.3 cm³/mol. The summed E-state index contributed by atoms with van der Waals surface area (Å²) in [4.78, 5) is 0. The van der Waals surface area contributed by atoms with Gasteiger partial charge in [0.2, 0.25) is 0 Å². The fraction of sp³-hybridized carbons (Fsp3) is 0.800. The maximum Gasteiger partial charge on any atom is -0.0171 e. The molecule has 0 saturated heterocycles. The van der Waals surface area contributed by atoms with Crippen molar-refractivity contribution in [3.05, 3.63) is 12.2 Å². The number of hydrogen-bond donors (Lipinski definition) is 0. The Kier molecular flexibility index (Phi) is 0.508. The lowest BCUT2D eigenvalue weighted by molar-refractivity contribution is 0.290.